The van der Waals surface area contributed by atoms with Crippen molar-refractivity contribution in [1.29, 1.82) is 0 Å². The largest absolute Gasteiger partial charge is 0.454 e. The molecular formula is C15H20O3. The first-order valence-electron chi connectivity index (χ1n) is 6.08. The lowest BCUT2D eigenvalue weighted by atomic mass is 9.92. The molecule has 0 saturated carbocycles. The van der Waals surface area contributed by atoms with Crippen LogP contribution in [0.2, 0.25) is 0 Å². The van der Waals surface area contributed by atoms with Crippen LogP contribution < -0.4 is 0 Å². The van der Waals surface area contributed by atoms with E-state index < -0.39 is 6.10 Å². The number of hydrogen-bond acceptors (Lipinski definition) is 3. The molecule has 0 aromatic heterocycles. The van der Waals surface area contributed by atoms with Gasteiger partial charge in [0.15, 0.2) is 6.10 Å². The van der Waals surface area contributed by atoms with Gasteiger partial charge in [-0.15, -0.1) is 0 Å². The van der Waals surface area contributed by atoms with Gasteiger partial charge in [0.25, 0.3) is 0 Å². The molecule has 1 atom stereocenters. The highest BCUT2D eigenvalue weighted by Crippen LogP contribution is 2.19. The Morgan fingerprint density at radius 3 is 2.22 bits per heavy atom. The van der Waals surface area contributed by atoms with Crippen LogP contribution in [0.5, 0.6) is 0 Å². The number of esters is 1. The first-order chi connectivity index (χ1) is 8.29. The quantitative estimate of drug-likeness (QED) is 0.607. The van der Waals surface area contributed by atoms with Crippen molar-refractivity contribution >= 4 is 11.8 Å². The van der Waals surface area contributed by atoms with Gasteiger partial charge in [0.2, 0.25) is 5.78 Å². The lowest BCUT2D eigenvalue weighted by Crippen LogP contribution is -2.26. The van der Waals surface area contributed by atoms with Crippen molar-refractivity contribution in [3.8, 4) is 0 Å². The van der Waals surface area contributed by atoms with E-state index >= 15 is 0 Å². The highest BCUT2D eigenvalue weighted by molar-refractivity contribution is 6.00. The number of ketones is 1. The van der Waals surface area contributed by atoms with Crippen LogP contribution in [-0.2, 0) is 9.53 Å². The maximum Gasteiger partial charge on any atom is 0.307 e. The van der Waals surface area contributed by atoms with Crippen LogP contribution in [0.4, 0.5) is 0 Å². The SMILES string of the molecule is CC(OC(=O)CC(C)(C)C)C(=O)c1ccccc1. The van der Waals surface area contributed by atoms with Gasteiger partial charge in [-0.25, -0.2) is 0 Å². The molecule has 18 heavy (non-hydrogen) atoms. The van der Waals surface area contributed by atoms with Crippen molar-refractivity contribution < 1.29 is 14.3 Å². The lowest BCUT2D eigenvalue weighted by molar-refractivity contribution is -0.148. The first-order valence-corrected chi connectivity index (χ1v) is 6.08. The molecule has 0 amide bonds. The highest BCUT2D eigenvalue weighted by Gasteiger charge is 2.22. The van der Waals surface area contributed by atoms with Crippen LogP contribution in [0.1, 0.15) is 44.5 Å². The van der Waals surface area contributed by atoms with Crippen LogP contribution in [0.25, 0.3) is 0 Å². The zero-order chi connectivity index (χ0) is 13.8. The third-order valence-electron chi connectivity index (χ3n) is 2.41. The van der Waals surface area contributed by atoms with E-state index in [-0.39, 0.29) is 17.2 Å². The van der Waals surface area contributed by atoms with Crippen molar-refractivity contribution in [2.45, 2.75) is 40.2 Å². The first kappa shape index (κ1) is 14.4. The van der Waals surface area contributed by atoms with Crippen LogP contribution in [0, 0.1) is 5.41 Å². The van der Waals surface area contributed by atoms with Crippen molar-refractivity contribution in [1.82, 2.24) is 0 Å². The Labute approximate surface area is 108 Å². The van der Waals surface area contributed by atoms with Gasteiger partial charge in [-0.05, 0) is 12.3 Å². The van der Waals surface area contributed by atoms with Gasteiger partial charge in [0, 0.05) is 5.56 Å². The summed E-state index contributed by atoms with van der Waals surface area (Å²) in [6.45, 7) is 7.48. The Bertz CT molecular complexity index is 415. The van der Waals surface area contributed by atoms with Gasteiger partial charge < -0.3 is 4.74 Å². The van der Waals surface area contributed by atoms with E-state index in [9.17, 15) is 9.59 Å². The van der Waals surface area contributed by atoms with Gasteiger partial charge in [0.1, 0.15) is 0 Å². The molecule has 0 fully saturated rings. The van der Waals surface area contributed by atoms with Crippen LogP contribution >= 0.6 is 0 Å². The van der Waals surface area contributed by atoms with E-state index in [0.29, 0.717) is 12.0 Å². The van der Waals surface area contributed by atoms with E-state index in [1.807, 2.05) is 26.8 Å². The molecule has 1 aromatic carbocycles. The smallest absolute Gasteiger partial charge is 0.307 e. The van der Waals surface area contributed by atoms with E-state index in [0.717, 1.165) is 0 Å². The molecule has 0 N–H and O–H groups in total. The normalized spacial score (nSPS) is 12.9. The fourth-order valence-corrected chi connectivity index (χ4v) is 1.56. The second-order valence-corrected chi connectivity index (χ2v) is 5.60. The Kier molecular flexibility index (Phi) is 4.65. The Hall–Kier alpha value is -1.64. The number of benzene rings is 1. The van der Waals surface area contributed by atoms with Gasteiger partial charge in [-0.3, -0.25) is 9.59 Å². The van der Waals surface area contributed by atoms with E-state index in [1.54, 1.807) is 31.2 Å². The highest BCUT2D eigenvalue weighted by atomic mass is 16.5. The Morgan fingerprint density at radius 1 is 1.17 bits per heavy atom. The van der Waals surface area contributed by atoms with Gasteiger partial charge in [0.05, 0.1) is 6.42 Å². The zero-order valence-corrected chi connectivity index (χ0v) is 11.4. The van der Waals surface area contributed by atoms with Crippen molar-refractivity contribution in [3.63, 3.8) is 0 Å². The molecule has 1 unspecified atom stereocenters. The maximum atomic E-state index is 12.0. The predicted octanol–water partition coefficient (Wildman–Crippen LogP) is 3.24. The number of rotatable bonds is 4. The second kappa shape index (κ2) is 5.80. The zero-order valence-electron chi connectivity index (χ0n) is 11.4. The summed E-state index contributed by atoms with van der Waals surface area (Å²) in [5.74, 6) is -0.503. The molecule has 0 aliphatic carbocycles. The predicted molar refractivity (Wildman–Crippen MR) is 70.4 cm³/mol. The number of Topliss-reactive ketones (excluding diaryl/α,β-unsaturated/α-hetero) is 1. The summed E-state index contributed by atoms with van der Waals surface area (Å²) in [6.07, 6.45) is -0.429. The van der Waals surface area contributed by atoms with E-state index in [4.69, 9.17) is 4.74 Å². The summed E-state index contributed by atoms with van der Waals surface area (Å²) in [7, 11) is 0. The third kappa shape index (κ3) is 4.70. The van der Waals surface area contributed by atoms with Gasteiger partial charge in [-0.2, -0.15) is 0 Å². The number of ether oxygens (including phenoxy) is 1. The van der Waals surface area contributed by atoms with Crippen molar-refractivity contribution in [3.05, 3.63) is 35.9 Å². The summed E-state index contributed by atoms with van der Waals surface area (Å²) in [4.78, 5) is 23.6. The van der Waals surface area contributed by atoms with E-state index in [2.05, 4.69) is 0 Å². The molecule has 0 spiro atoms. The average molecular weight is 248 g/mol. The standard InChI is InChI=1S/C15H20O3/c1-11(18-13(16)10-15(2,3)4)14(17)12-8-6-5-7-9-12/h5-9,11H,10H2,1-4H3. The summed E-state index contributed by atoms with van der Waals surface area (Å²) >= 11 is 0. The minimum absolute atomic E-state index is 0.132. The molecule has 1 aromatic rings. The molecule has 1 rings (SSSR count). The second-order valence-electron chi connectivity index (χ2n) is 5.60. The molecule has 0 bridgehead atoms. The lowest BCUT2D eigenvalue weighted by Gasteiger charge is -2.19. The van der Waals surface area contributed by atoms with Crippen molar-refractivity contribution in [2.24, 2.45) is 5.41 Å². The average Bonchev–Trinajstić information content (AvgIpc) is 2.26. The molecule has 98 valence electrons. The van der Waals surface area contributed by atoms with Crippen LogP contribution in [-0.4, -0.2) is 17.9 Å². The Morgan fingerprint density at radius 2 is 1.72 bits per heavy atom. The van der Waals surface area contributed by atoms with Gasteiger partial charge >= 0.3 is 5.97 Å². The molecule has 0 heterocycles. The molecule has 0 aliphatic rings. The molecular weight excluding hydrogens is 228 g/mol. The summed E-state index contributed by atoms with van der Waals surface area (Å²) in [5, 5.41) is 0. The van der Waals surface area contributed by atoms with Gasteiger partial charge in [-0.1, -0.05) is 51.1 Å². The topological polar surface area (TPSA) is 43.4 Å². The number of carbonyl (C=O) groups is 2. The Balaban J connectivity index is 2.59. The number of carbonyl (C=O) groups excluding carboxylic acids is 2. The minimum Gasteiger partial charge on any atom is -0.454 e. The van der Waals surface area contributed by atoms with Crippen LogP contribution in [0.3, 0.4) is 0 Å². The fraction of sp³-hybridized carbons (Fsp3) is 0.467. The summed E-state index contributed by atoms with van der Waals surface area (Å²) < 4.78 is 5.15. The molecule has 0 radical (unpaired) electrons. The molecule has 0 aliphatic heterocycles. The summed E-state index contributed by atoms with van der Waals surface area (Å²) in [6, 6.07) is 8.85. The monoisotopic (exact) mass is 248 g/mol. The van der Waals surface area contributed by atoms with Crippen LogP contribution in [0.15, 0.2) is 30.3 Å². The van der Waals surface area contributed by atoms with Crippen molar-refractivity contribution in [2.75, 3.05) is 0 Å². The molecule has 0 saturated heterocycles. The maximum absolute atomic E-state index is 12.0. The minimum atomic E-state index is -0.734. The molecule has 3 heteroatoms. The number of hydrogen-bond donors (Lipinski definition) is 0. The summed E-state index contributed by atoms with van der Waals surface area (Å²) in [5.41, 5.74) is 0.431. The fourth-order valence-electron chi connectivity index (χ4n) is 1.56. The third-order valence-corrected chi connectivity index (χ3v) is 2.41. The van der Waals surface area contributed by atoms with E-state index in [1.165, 1.54) is 0 Å². The molecule has 3 nitrogen and oxygen atoms in total.